The maximum absolute atomic E-state index is 11.4. The van der Waals surface area contributed by atoms with E-state index in [4.69, 9.17) is 5.73 Å². The van der Waals surface area contributed by atoms with Crippen molar-refractivity contribution in [1.29, 1.82) is 0 Å². The summed E-state index contributed by atoms with van der Waals surface area (Å²) in [6, 6.07) is 9.03. The first kappa shape index (κ1) is 13.9. The predicted molar refractivity (Wildman–Crippen MR) is 76.4 cm³/mol. The van der Waals surface area contributed by atoms with E-state index in [-0.39, 0.29) is 23.5 Å². The molecule has 2 rings (SSSR count). The van der Waals surface area contributed by atoms with Crippen molar-refractivity contribution in [1.82, 2.24) is 4.57 Å². The molecule has 20 heavy (non-hydrogen) atoms. The number of hydrogen-bond donors (Lipinski definition) is 1. The van der Waals surface area contributed by atoms with Crippen LogP contribution in [0.25, 0.3) is 0 Å². The number of rotatable bonds is 4. The molecule has 2 N–H and O–H groups in total. The quantitative estimate of drug-likeness (QED) is 0.848. The van der Waals surface area contributed by atoms with Crippen LogP contribution in [0.15, 0.2) is 47.5 Å². The van der Waals surface area contributed by atoms with E-state index in [0.717, 1.165) is 11.1 Å². The molecule has 0 aliphatic rings. The van der Waals surface area contributed by atoms with Gasteiger partial charge in [0.1, 0.15) is 0 Å². The van der Waals surface area contributed by atoms with E-state index < -0.39 is 0 Å². The Kier molecular flexibility index (Phi) is 4.20. The van der Waals surface area contributed by atoms with Crippen molar-refractivity contribution in [3.8, 4) is 0 Å². The van der Waals surface area contributed by atoms with E-state index in [0.29, 0.717) is 6.54 Å². The SMILES string of the molecule is COC(=O)Cc1ccccc1Cn1ccc(=O)c(N)c1. The maximum Gasteiger partial charge on any atom is 0.309 e. The molecule has 0 bridgehead atoms. The van der Waals surface area contributed by atoms with Crippen LogP contribution in [0.4, 0.5) is 5.69 Å². The predicted octanol–water partition coefficient (Wildman–Crippen LogP) is 1.19. The highest BCUT2D eigenvalue weighted by atomic mass is 16.5. The van der Waals surface area contributed by atoms with Crippen LogP contribution < -0.4 is 11.2 Å². The topological polar surface area (TPSA) is 74.3 Å². The van der Waals surface area contributed by atoms with Gasteiger partial charge in [0.05, 0.1) is 19.2 Å². The first-order chi connectivity index (χ1) is 9.60. The van der Waals surface area contributed by atoms with Crippen LogP contribution >= 0.6 is 0 Å². The molecule has 0 saturated heterocycles. The lowest BCUT2D eigenvalue weighted by atomic mass is 10.0. The van der Waals surface area contributed by atoms with Crippen molar-refractivity contribution in [2.75, 3.05) is 12.8 Å². The summed E-state index contributed by atoms with van der Waals surface area (Å²) in [4.78, 5) is 22.7. The lowest BCUT2D eigenvalue weighted by Gasteiger charge is -2.11. The summed E-state index contributed by atoms with van der Waals surface area (Å²) in [5.41, 5.74) is 7.51. The number of carbonyl (C=O) groups is 1. The first-order valence-electron chi connectivity index (χ1n) is 6.19. The molecular weight excluding hydrogens is 256 g/mol. The Labute approximate surface area is 116 Å². The van der Waals surface area contributed by atoms with Crippen molar-refractivity contribution in [3.05, 3.63) is 64.1 Å². The number of ether oxygens (including phenoxy) is 1. The number of hydrogen-bond acceptors (Lipinski definition) is 4. The number of anilines is 1. The molecule has 2 aromatic rings. The molecule has 1 heterocycles. The Bertz CT molecular complexity index is 677. The van der Waals surface area contributed by atoms with Gasteiger partial charge in [-0.05, 0) is 11.1 Å². The Hall–Kier alpha value is -2.56. The molecule has 1 aromatic heterocycles. The summed E-state index contributed by atoms with van der Waals surface area (Å²) in [6.07, 6.45) is 3.49. The second-order valence-corrected chi connectivity index (χ2v) is 4.46. The van der Waals surface area contributed by atoms with Crippen LogP contribution in [0.1, 0.15) is 11.1 Å². The van der Waals surface area contributed by atoms with Gasteiger partial charge < -0.3 is 15.0 Å². The Balaban J connectivity index is 2.26. The van der Waals surface area contributed by atoms with Crippen LogP contribution in [0.2, 0.25) is 0 Å². The highest BCUT2D eigenvalue weighted by molar-refractivity contribution is 5.72. The van der Waals surface area contributed by atoms with Crippen molar-refractivity contribution in [2.45, 2.75) is 13.0 Å². The Morgan fingerprint density at radius 3 is 2.60 bits per heavy atom. The largest absolute Gasteiger partial charge is 0.469 e. The molecule has 5 nitrogen and oxygen atoms in total. The average Bonchev–Trinajstić information content (AvgIpc) is 2.45. The zero-order valence-corrected chi connectivity index (χ0v) is 11.2. The van der Waals surface area contributed by atoms with Crippen molar-refractivity contribution >= 4 is 11.7 Å². The molecule has 0 aliphatic heterocycles. The number of aromatic nitrogens is 1. The highest BCUT2D eigenvalue weighted by Crippen LogP contribution is 2.12. The maximum atomic E-state index is 11.4. The molecule has 0 atom stereocenters. The third-order valence-corrected chi connectivity index (χ3v) is 3.04. The Morgan fingerprint density at radius 2 is 1.95 bits per heavy atom. The lowest BCUT2D eigenvalue weighted by Crippen LogP contribution is -2.13. The van der Waals surface area contributed by atoms with E-state index in [9.17, 15) is 9.59 Å². The highest BCUT2D eigenvalue weighted by Gasteiger charge is 2.08. The van der Waals surface area contributed by atoms with Gasteiger partial charge in [-0.25, -0.2) is 0 Å². The van der Waals surface area contributed by atoms with Crippen LogP contribution in [0.5, 0.6) is 0 Å². The van der Waals surface area contributed by atoms with Crippen molar-refractivity contribution in [3.63, 3.8) is 0 Å². The van der Waals surface area contributed by atoms with E-state index in [1.807, 2.05) is 28.8 Å². The summed E-state index contributed by atoms with van der Waals surface area (Å²) in [6.45, 7) is 0.539. The number of methoxy groups -OCH3 is 1. The van der Waals surface area contributed by atoms with Crippen molar-refractivity contribution < 1.29 is 9.53 Å². The lowest BCUT2D eigenvalue weighted by molar-refractivity contribution is -0.139. The molecular formula is C15H16N2O3. The molecule has 5 heteroatoms. The summed E-state index contributed by atoms with van der Waals surface area (Å²) in [5, 5.41) is 0. The number of carbonyl (C=O) groups excluding carboxylic acids is 1. The minimum Gasteiger partial charge on any atom is -0.469 e. The van der Waals surface area contributed by atoms with Gasteiger partial charge in [-0.1, -0.05) is 24.3 Å². The molecule has 0 fully saturated rings. The van der Waals surface area contributed by atoms with Crippen LogP contribution in [-0.2, 0) is 22.5 Å². The fourth-order valence-electron chi connectivity index (χ4n) is 1.95. The molecule has 0 aliphatic carbocycles. The standard InChI is InChI=1S/C15H16N2O3/c1-20-15(19)8-11-4-2-3-5-12(11)9-17-7-6-14(18)13(16)10-17/h2-7,10H,8-9,16H2,1H3. The fraction of sp³-hybridized carbons (Fsp3) is 0.200. The summed E-state index contributed by atoms with van der Waals surface area (Å²) >= 11 is 0. The summed E-state index contributed by atoms with van der Waals surface area (Å²) in [7, 11) is 1.37. The van der Waals surface area contributed by atoms with E-state index in [1.54, 1.807) is 12.4 Å². The van der Waals surface area contributed by atoms with E-state index >= 15 is 0 Å². The van der Waals surface area contributed by atoms with E-state index in [2.05, 4.69) is 4.74 Å². The van der Waals surface area contributed by atoms with Gasteiger partial charge in [-0.3, -0.25) is 9.59 Å². The van der Waals surface area contributed by atoms with Crippen LogP contribution in [0.3, 0.4) is 0 Å². The number of esters is 1. The van der Waals surface area contributed by atoms with Gasteiger partial charge in [-0.15, -0.1) is 0 Å². The zero-order chi connectivity index (χ0) is 14.5. The molecule has 0 spiro atoms. The second kappa shape index (κ2) is 6.06. The minimum absolute atomic E-state index is 0.191. The molecule has 104 valence electrons. The molecule has 0 unspecified atom stereocenters. The number of benzene rings is 1. The number of pyridine rings is 1. The third-order valence-electron chi connectivity index (χ3n) is 3.04. The van der Waals surface area contributed by atoms with Gasteiger partial charge in [0.2, 0.25) is 5.43 Å². The zero-order valence-electron chi connectivity index (χ0n) is 11.2. The monoisotopic (exact) mass is 272 g/mol. The Morgan fingerprint density at radius 1 is 1.25 bits per heavy atom. The van der Waals surface area contributed by atoms with Gasteiger partial charge in [0.25, 0.3) is 0 Å². The normalized spacial score (nSPS) is 10.2. The summed E-state index contributed by atoms with van der Waals surface area (Å²) < 4.78 is 6.50. The van der Waals surface area contributed by atoms with Gasteiger partial charge >= 0.3 is 5.97 Å². The van der Waals surface area contributed by atoms with Crippen molar-refractivity contribution in [2.24, 2.45) is 0 Å². The fourth-order valence-corrected chi connectivity index (χ4v) is 1.95. The molecule has 0 radical (unpaired) electrons. The third kappa shape index (κ3) is 3.26. The smallest absolute Gasteiger partial charge is 0.309 e. The van der Waals surface area contributed by atoms with Crippen LogP contribution in [0, 0.1) is 0 Å². The van der Waals surface area contributed by atoms with Gasteiger partial charge in [0.15, 0.2) is 0 Å². The van der Waals surface area contributed by atoms with E-state index in [1.165, 1.54) is 13.2 Å². The first-order valence-corrected chi connectivity index (χ1v) is 6.19. The van der Waals surface area contributed by atoms with Gasteiger partial charge in [0, 0.05) is 25.0 Å². The number of nitrogens with zero attached hydrogens (tertiary/aromatic N) is 1. The summed E-state index contributed by atoms with van der Waals surface area (Å²) in [5.74, 6) is -0.281. The number of nitrogen functional groups attached to an aromatic ring is 1. The van der Waals surface area contributed by atoms with Gasteiger partial charge in [-0.2, -0.15) is 0 Å². The number of nitrogens with two attached hydrogens (primary N) is 1. The average molecular weight is 272 g/mol. The van der Waals surface area contributed by atoms with Crippen LogP contribution in [-0.4, -0.2) is 17.6 Å². The minimum atomic E-state index is -0.281. The molecule has 0 amide bonds. The molecule has 0 saturated carbocycles. The molecule has 1 aromatic carbocycles. The second-order valence-electron chi connectivity index (χ2n) is 4.46.